The van der Waals surface area contributed by atoms with Gasteiger partial charge in [-0.05, 0) is 12.1 Å². The van der Waals surface area contributed by atoms with Crippen molar-refractivity contribution in [2.75, 3.05) is 0 Å². The van der Waals surface area contributed by atoms with Gasteiger partial charge in [0.25, 0.3) is 5.82 Å². The van der Waals surface area contributed by atoms with Gasteiger partial charge in [-0.1, -0.05) is 6.07 Å². The van der Waals surface area contributed by atoms with Gasteiger partial charge in [0.15, 0.2) is 5.82 Å². The van der Waals surface area contributed by atoms with E-state index in [4.69, 9.17) is 11.0 Å². The zero-order valence-electron chi connectivity index (χ0n) is 7.83. The molecule has 0 fully saturated rings. The fourth-order valence-corrected chi connectivity index (χ4v) is 1.13. The summed E-state index contributed by atoms with van der Waals surface area (Å²) in [4.78, 5) is 8.02. The second-order valence-electron chi connectivity index (χ2n) is 2.82. The van der Waals surface area contributed by atoms with Crippen LogP contribution in [0.1, 0.15) is 11.5 Å². The zero-order valence-corrected chi connectivity index (χ0v) is 7.83. The number of rotatable bonds is 2. The summed E-state index contributed by atoms with van der Waals surface area (Å²) in [7, 11) is 0. The average molecular weight is 200 g/mol. The van der Waals surface area contributed by atoms with E-state index in [9.17, 15) is 0 Å². The predicted octanol–water partition coefficient (Wildman–Crippen LogP) is -0.00732. The lowest BCUT2D eigenvalue weighted by atomic mass is 10.3. The first-order valence-electron chi connectivity index (χ1n) is 4.31. The number of nitrogens with zero attached hydrogens (tertiary/aromatic N) is 5. The van der Waals surface area contributed by atoms with Crippen molar-refractivity contribution in [1.29, 1.82) is 5.26 Å². The standard InChI is InChI=1S/C9H8N6/c10-4-7-2-1-3-9(13-7)15-6-12-8(5-11)14-15/h1-3,6H,4,10H2. The van der Waals surface area contributed by atoms with Crippen LogP contribution in [0.2, 0.25) is 0 Å². The molecule has 2 heterocycles. The maximum Gasteiger partial charge on any atom is 0.252 e. The molecule has 0 radical (unpaired) electrons. The lowest BCUT2D eigenvalue weighted by Gasteiger charge is -2.00. The molecule has 74 valence electrons. The molecule has 0 spiro atoms. The minimum atomic E-state index is 0.120. The van der Waals surface area contributed by atoms with E-state index in [-0.39, 0.29) is 5.82 Å². The third-order valence-corrected chi connectivity index (χ3v) is 1.83. The molecule has 6 nitrogen and oxygen atoms in total. The number of pyridine rings is 1. The van der Waals surface area contributed by atoms with Crippen LogP contribution < -0.4 is 5.73 Å². The first kappa shape index (κ1) is 9.30. The van der Waals surface area contributed by atoms with Crippen LogP contribution in [0.4, 0.5) is 0 Å². The van der Waals surface area contributed by atoms with Gasteiger partial charge in [-0.3, -0.25) is 0 Å². The van der Waals surface area contributed by atoms with E-state index in [0.29, 0.717) is 12.4 Å². The Labute approximate surface area is 86.0 Å². The number of hydrogen-bond acceptors (Lipinski definition) is 5. The fraction of sp³-hybridized carbons (Fsp3) is 0.111. The second-order valence-corrected chi connectivity index (χ2v) is 2.82. The summed E-state index contributed by atoms with van der Waals surface area (Å²) in [6, 6.07) is 7.28. The molecule has 0 amide bonds. The second kappa shape index (κ2) is 3.86. The summed E-state index contributed by atoms with van der Waals surface area (Å²) < 4.78 is 1.44. The third kappa shape index (κ3) is 1.82. The topological polar surface area (TPSA) is 93.4 Å². The summed E-state index contributed by atoms with van der Waals surface area (Å²) in [5.41, 5.74) is 6.23. The average Bonchev–Trinajstić information content (AvgIpc) is 2.78. The number of nitriles is 1. The van der Waals surface area contributed by atoms with Crippen LogP contribution in [0.15, 0.2) is 24.5 Å². The van der Waals surface area contributed by atoms with Crippen LogP contribution in [0.25, 0.3) is 5.82 Å². The van der Waals surface area contributed by atoms with E-state index in [2.05, 4.69) is 15.1 Å². The van der Waals surface area contributed by atoms with E-state index in [1.165, 1.54) is 11.0 Å². The first-order valence-corrected chi connectivity index (χ1v) is 4.31. The van der Waals surface area contributed by atoms with Crippen molar-refractivity contribution in [3.63, 3.8) is 0 Å². The lowest BCUT2D eigenvalue weighted by molar-refractivity contribution is 0.824. The molecule has 0 bridgehead atoms. The molecule has 2 N–H and O–H groups in total. The van der Waals surface area contributed by atoms with Gasteiger partial charge >= 0.3 is 0 Å². The zero-order chi connectivity index (χ0) is 10.7. The molecule has 0 aromatic carbocycles. The van der Waals surface area contributed by atoms with Crippen molar-refractivity contribution in [1.82, 2.24) is 19.7 Å². The molecule has 0 saturated heterocycles. The minimum absolute atomic E-state index is 0.120. The quantitative estimate of drug-likeness (QED) is 0.736. The Morgan fingerprint density at radius 3 is 3.00 bits per heavy atom. The molecule has 0 aliphatic rings. The van der Waals surface area contributed by atoms with Crippen molar-refractivity contribution in [2.45, 2.75) is 6.54 Å². The van der Waals surface area contributed by atoms with Gasteiger partial charge in [-0.15, -0.1) is 5.10 Å². The molecule has 0 aliphatic heterocycles. The molecule has 15 heavy (non-hydrogen) atoms. The molecule has 0 aliphatic carbocycles. The summed E-state index contributed by atoms with van der Waals surface area (Å²) >= 11 is 0. The molecule has 0 saturated carbocycles. The lowest BCUT2D eigenvalue weighted by Crippen LogP contribution is -2.04. The highest BCUT2D eigenvalue weighted by atomic mass is 15.4. The Morgan fingerprint density at radius 2 is 2.33 bits per heavy atom. The monoisotopic (exact) mass is 200 g/mol. The van der Waals surface area contributed by atoms with E-state index >= 15 is 0 Å². The summed E-state index contributed by atoms with van der Waals surface area (Å²) in [6.45, 7) is 0.369. The predicted molar refractivity (Wildman–Crippen MR) is 51.8 cm³/mol. The highest BCUT2D eigenvalue weighted by Gasteiger charge is 2.02. The molecule has 2 rings (SSSR count). The highest BCUT2D eigenvalue weighted by Crippen LogP contribution is 2.03. The van der Waals surface area contributed by atoms with Crippen LogP contribution in [0.3, 0.4) is 0 Å². The fourth-order valence-electron chi connectivity index (χ4n) is 1.13. The van der Waals surface area contributed by atoms with Crippen LogP contribution in [0.5, 0.6) is 0 Å². The van der Waals surface area contributed by atoms with Crippen LogP contribution in [0, 0.1) is 11.3 Å². The smallest absolute Gasteiger partial charge is 0.252 e. The van der Waals surface area contributed by atoms with Crippen molar-refractivity contribution in [3.8, 4) is 11.9 Å². The molecule has 0 atom stereocenters. The van der Waals surface area contributed by atoms with E-state index in [0.717, 1.165) is 5.69 Å². The highest BCUT2D eigenvalue weighted by molar-refractivity contribution is 5.23. The van der Waals surface area contributed by atoms with Gasteiger partial charge in [-0.2, -0.15) is 5.26 Å². The number of aromatic nitrogens is 4. The van der Waals surface area contributed by atoms with Crippen molar-refractivity contribution < 1.29 is 0 Å². The Kier molecular flexibility index (Phi) is 2.39. The molecular formula is C9H8N6. The Balaban J connectivity index is 2.41. The van der Waals surface area contributed by atoms with Crippen molar-refractivity contribution in [2.24, 2.45) is 5.73 Å². The minimum Gasteiger partial charge on any atom is -0.325 e. The van der Waals surface area contributed by atoms with Crippen LogP contribution in [-0.2, 0) is 6.54 Å². The Morgan fingerprint density at radius 1 is 1.47 bits per heavy atom. The van der Waals surface area contributed by atoms with Crippen molar-refractivity contribution >= 4 is 0 Å². The summed E-state index contributed by atoms with van der Waals surface area (Å²) in [5, 5.41) is 12.5. The Hall–Kier alpha value is -2.26. The normalized spacial score (nSPS) is 9.87. The first-order chi connectivity index (χ1) is 7.33. The summed E-state index contributed by atoms with van der Waals surface area (Å²) in [5.74, 6) is 0.724. The molecule has 0 unspecified atom stereocenters. The number of nitrogens with two attached hydrogens (primary N) is 1. The third-order valence-electron chi connectivity index (χ3n) is 1.83. The van der Waals surface area contributed by atoms with Gasteiger partial charge in [-0.25, -0.2) is 14.6 Å². The van der Waals surface area contributed by atoms with E-state index in [1.54, 1.807) is 6.07 Å². The summed E-state index contributed by atoms with van der Waals surface area (Å²) in [6.07, 6.45) is 1.45. The SMILES string of the molecule is N#Cc1ncn(-c2cccc(CN)n2)n1. The molecule has 6 heteroatoms. The van der Waals surface area contributed by atoms with Crippen LogP contribution in [-0.4, -0.2) is 19.7 Å². The Bertz CT molecular complexity index is 509. The largest absolute Gasteiger partial charge is 0.325 e. The van der Waals surface area contributed by atoms with Gasteiger partial charge < -0.3 is 5.73 Å². The maximum absolute atomic E-state index is 8.57. The van der Waals surface area contributed by atoms with Gasteiger partial charge in [0, 0.05) is 6.54 Å². The van der Waals surface area contributed by atoms with Crippen LogP contribution >= 0.6 is 0 Å². The van der Waals surface area contributed by atoms with E-state index < -0.39 is 0 Å². The van der Waals surface area contributed by atoms with Gasteiger partial charge in [0.2, 0.25) is 0 Å². The molecular weight excluding hydrogens is 192 g/mol. The molecule has 2 aromatic rings. The van der Waals surface area contributed by atoms with E-state index in [1.807, 2.05) is 18.2 Å². The van der Waals surface area contributed by atoms with Gasteiger partial charge in [0.1, 0.15) is 12.4 Å². The molecule has 2 aromatic heterocycles. The number of hydrogen-bond donors (Lipinski definition) is 1. The maximum atomic E-state index is 8.57. The van der Waals surface area contributed by atoms with Gasteiger partial charge in [0.05, 0.1) is 5.69 Å². The van der Waals surface area contributed by atoms with Crippen molar-refractivity contribution in [3.05, 3.63) is 36.0 Å².